The van der Waals surface area contributed by atoms with E-state index in [0.29, 0.717) is 12.2 Å². The normalized spacial score (nSPS) is 15.4. The molecule has 2 rings (SSSR count). The largest absolute Gasteiger partial charge is 0.389 e. The third kappa shape index (κ3) is 3.50. The van der Waals surface area contributed by atoms with E-state index in [1.54, 1.807) is 12.1 Å². The van der Waals surface area contributed by atoms with Gasteiger partial charge in [-0.1, -0.05) is 37.5 Å². The molecule has 1 saturated carbocycles. The predicted molar refractivity (Wildman–Crippen MR) is 73.9 cm³/mol. The number of ether oxygens (including phenoxy) is 1. The number of hydrogen-bond donors (Lipinski definition) is 1. The highest BCUT2D eigenvalue weighted by Crippen LogP contribution is 2.29. The molecule has 0 bridgehead atoms. The van der Waals surface area contributed by atoms with Crippen molar-refractivity contribution in [2.75, 3.05) is 6.61 Å². The number of hydrogen-bond acceptors (Lipinski definition) is 2. The van der Waals surface area contributed by atoms with Gasteiger partial charge in [0.1, 0.15) is 10.8 Å². The average molecular weight is 267 g/mol. The lowest BCUT2D eigenvalue weighted by atomic mass is 9.83. The van der Waals surface area contributed by atoms with Crippen molar-refractivity contribution in [3.05, 3.63) is 35.1 Å². The summed E-state index contributed by atoms with van der Waals surface area (Å²) in [6.45, 7) is 1.26. The van der Waals surface area contributed by atoms with Crippen molar-refractivity contribution in [2.24, 2.45) is 11.7 Å². The molecule has 1 aliphatic carbocycles. The summed E-state index contributed by atoms with van der Waals surface area (Å²) in [5, 5.41) is 0. The van der Waals surface area contributed by atoms with Crippen LogP contribution in [0.25, 0.3) is 0 Å². The molecule has 0 aromatic heterocycles. The molecule has 98 valence electrons. The highest BCUT2D eigenvalue weighted by molar-refractivity contribution is 7.80. The van der Waals surface area contributed by atoms with Gasteiger partial charge in [-0.2, -0.15) is 0 Å². The van der Waals surface area contributed by atoms with Gasteiger partial charge >= 0.3 is 0 Å². The monoisotopic (exact) mass is 267 g/mol. The number of halogens is 1. The molecule has 0 unspecified atom stereocenters. The van der Waals surface area contributed by atoms with Gasteiger partial charge in [0.2, 0.25) is 0 Å². The molecule has 0 aliphatic heterocycles. The number of thiocarbonyl (C=S) groups is 1. The maximum Gasteiger partial charge on any atom is 0.133 e. The van der Waals surface area contributed by atoms with E-state index >= 15 is 0 Å². The van der Waals surface area contributed by atoms with Crippen LogP contribution in [0.4, 0.5) is 4.39 Å². The minimum absolute atomic E-state index is 0.0869. The van der Waals surface area contributed by atoms with Crippen LogP contribution in [0.2, 0.25) is 0 Å². The molecular formula is C14H18FNOS. The highest BCUT2D eigenvalue weighted by atomic mass is 32.1. The van der Waals surface area contributed by atoms with Crippen LogP contribution in [-0.4, -0.2) is 11.6 Å². The lowest BCUT2D eigenvalue weighted by molar-refractivity contribution is 0.0949. The van der Waals surface area contributed by atoms with Gasteiger partial charge in [-0.05, 0) is 30.0 Å². The lowest BCUT2D eigenvalue weighted by Crippen LogP contribution is -2.14. The maximum atomic E-state index is 13.4. The zero-order valence-corrected chi connectivity index (χ0v) is 11.1. The summed E-state index contributed by atoms with van der Waals surface area (Å²) < 4.78 is 19.0. The van der Waals surface area contributed by atoms with Gasteiger partial charge in [0.05, 0.1) is 6.61 Å². The molecule has 0 radical (unpaired) electrons. The minimum atomic E-state index is -0.374. The summed E-state index contributed by atoms with van der Waals surface area (Å²) in [4.78, 5) is 0.0869. The first kappa shape index (κ1) is 13.4. The fraction of sp³-hybridized carbons (Fsp3) is 0.500. The molecule has 18 heavy (non-hydrogen) atoms. The van der Waals surface area contributed by atoms with Crippen molar-refractivity contribution in [1.29, 1.82) is 0 Å². The lowest BCUT2D eigenvalue weighted by Gasteiger charge is -2.24. The molecule has 1 fully saturated rings. The number of nitrogens with two attached hydrogens (primary N) is 1. The van der Waals surface area contributed by atoms with Crippen molar-refractivity contribution < 1.29 is 9.13 Å². The Morgan fingerprint density at radius 2 is 2.22 bits per heavy atom. The summed E-state index contributed by atoms with van der Waals surface area (Å²) in [6, 6.07) is 4.76. The Balaban J connectivity index is 1.81. The molecule has 0 atom stereocenters. The molecule has 0 amide bonds. The van der Waals surface area contributed by atoms with Crippen molar-refractivity contribution >= 4 is 17.2 Å². The van der Waals surface area contributed by atoms with E-state index in [9.17, 15) is 4.39 Å². The first-order chi connectivity index (χ1) is 8.66. The summed E-state index contributed by atoms with van der Waals surface area (Å²) in [5.41, 5.74) is 6.66. The third-order valence-electron chi connectivity index (χ3n) is 3.46. The summed E-state index contributed by atoms with van der Waals surface area (Å²) in [5.74, 6) is 0.478. The van der Waals surface area contributed by atoms with Crippen LogP contribution in [-0.2, 0) is 11.3 Å². The molecule has 1 aromatic carbocycles. The Bertz CT molecular complexity index is 432. The average Bonchev–Trinajstić information content (AvgIpc) is 2.28. The zero-order chi connectivity index (χ0) is 13.0. The minimum Gasteiger partial charge on any atom is -0.389 e. The Kier molecular flexibility index (Phi) is 4.66. The predicted octanol–water partition coefficient (Wildman–Crippen LogP) is 3.17. The van der Waals surface area contributed by atoms with E-state index in [-0.39, 0.29) is 10.8 Å². The topological polar surface area (TPSA) is 35.2 Å². The second-order valence-corrected chi connectivity index (χ2v) is 5.26. The molecule has 0 spiro atoms. The standard InChI is InChI=1S/C14H18FNOS/c15-13-5-4-11(8-12(13)14(16)18)9-17-7-6-10-2-1-3-10/h4-5,8,10H,1-3,6-7,9H2,(H2,16,18). The van der Waals surface area contributed by atoms with Gasteiger partial charge in [0.25, 0.3) is 0 Å². The van der Waals surface area contributed by atoms with Gasteiger partial charge in [0.15, 0.2) is 0 Å². The van der Waals surface area contributed by atoms with Crippen LogP contribution in [0.15, 0.2) is 18.2 Å². The Morgan fingerprint density at radius 3 is 2.83 bits per heavy atom. The second kappa shape index (κ2) is 6.25. The van der Waals surface area contributed by atoms with Crippen LogP contribution in [0, 0.1) is 11.7 Å². The van der Waals surface area contributed by atoms with Crippen LogP contribution >= 0.6 is 12.2 Å². The van der Waals surface area contributed by atoms with Crippen LogP contribution in [0.5, 0.6) is 0 Å². The third-order valence-corrected chi connectivity index (χ3v) is 3.68. The molecule has 1 aliphatic rings. The van der Waals surface area contributed by atoms with Crippen molar-refractivity contribution in [3.8, 4) is 0 Å². The van der Waals surface area contributed by atoms with E-state index in [2.05, 4.69) is 0 Å². The van der Waals surface area contributed by atoms with Crippen molar-refractivity contribution in [3.63, 3.8) is 0 Å². The summed E-state index contributed by atoms with van der Waals surface area (Å²) in [6.07, 6.45) is 5.17. The molecule has 1 aromatic rings. The summed E-state index contributed by atoms with van der Waals surface area (Å²) in [7, 11) is 0. The fourth-order valence-electron chi connectivity index (χ4n) is 2.07. The van der Waals surface area contributed by atoms with Gasteiger partial charge in [-0.3, -0.25) is 0 Å². The van der Waals surface area contributed by atoms with Gasteiger partial charge in [-0.15, -0.1) is 0 Å². The molecule has 0 saturated heterocycles. The van der Waals surface area contributed by atoms with E-state index in [4.69, 9.17) is 22.7 Å². The molecule has 0 heterocycles. The van der Waals surface area contributed by atoms with Crippen LogP contribution in [0.1, 0.15) is 36.8 Å². The second-order valence-electron chi connectivity index (χ2n) is 4.82. The van der Waals surface area contributed by atoms with Crippen molar-refractivity contribution in [1.82, 2.24) is 0 Å². The molecule has 2 nitrogen and oxygen atoms in total. The zero-order valence-electron chi connectivity index (χ0n) is 10.3. The van der Waals surface area contributed by atoms with E-state index in [1.807, 2.05) is 0 Å². The maximum absolute atomic E-state index is 13.4. The first-order valence-corrected chi connectivity index (χ1v) is 6.73. The first-order valence-electron chi connectivity index (χ1n) is 6.33. The summed E-state index contributed by atoms with van der Waals surface area (Å²) >= 11 is 4.80. The van der Waals surface area contributed by atoms with Gasteiger partial charge < -0.3 is 10.5 Å². The Labute approximate surface area is 112 Å². The fourth-order valence-corrected chi connectivity index (χ4v) is 2.23. The molecule has 4 heteroatoms. The number of benzene rings is 1. The van der Waals surface area contributed by atoms with Crippen LogP contribution in [0.3, 0.4) is 0 Å². The van der Waals surface area contributed by atoms with Gasteiger partial charge in [0, 0.05) is 12.2 Å². The molecular weight excluding hydrogens is 249 g/mol. The number of rotatable bonds is 6. The van der Waals surface area contributed by atoms with E-state index in [0.717, 1.165) is 24.5 Å². The van der Waals surface area contributed by atoms with Gasteiger partial charge in [-0.25, -0.2) is 4.39 Å². The van der Waals surface area contributed by atoms with E-state index < -0.39 is 0 Å². The smallest absolute Gasteiger partial charge is 0.133 e. The Hall–Kier alpha value is -1.00. The van der Waals surface area contributed by atoms with Crippen molar-refractivity contribution in [2.45, 2.75) is 32.3 Å². The Morgan fingerprint density at radius 1 is 1.44 bits per heavy atom. The quantitative estimate of drug-likeness (QED) is 0.635. The SMILES string of the molecule is NC(=S)c1cc(COCCC2CCC2)ccc1F. The molecule has 2 N–H and O–H groups in total. The highest BCUT2D eigenvalue weighted by Gasteiger charge is 2.16. The van der Waals surface area contributed by atoms with E-state index in [1.165, 1.54) is 25.3 Å². The van der Waals surface area contributed by atoms with Crippen LogP contribution < -0.4 is 5.73 Å².